The predicted molar refractivity (Wildman–Crippen MR) is 100 cm³/mol. The Bertz CT molecular complexity index is 1020. The van der Waals surface area contributed by atoms with Crippen LogP contribution in [-0.4, -0.2) is 17.5 Å². The minimum absolute atomic E-state index is 0.221. The van der Waals surface area contributed by atoms with Gasteiger partial charge in [-0.15, -0.1) is 0 Å². The van der Waals surface area contributed by atoms with E-state index >= 15 is 0 Å². The van der Waals surface area contributed by atoms with E-state index in [9.17, 15) is 18.0 Å². The van der Waals surface area contributed by atoms with Crippen molar-refractivity contribution < 1.29 is 18.0 Å². The number of halogens is 3. The molecule has 0 fully saturated rings. The second-order valence-electron chi connectivity index (χ2n) is 6.65. The van der Waals surface area contributed by atoms with Crippen LogP contribution in [0.4, 0.5) is 23.7 Å². The van der Waals surface area contributed by atoms with Gasteiger partial charge in [0.1, 0.15) is 17.5 Å². The average Bonchev–Trinajstić information content (AvgIpc) is 2.70. The number of carbonyl (C=O) groups excluding carboxylic acids is 1. The zero-order valence-corrected chi connectivity index (χ0v) is 14.8. The summed E-state index contributed by atoms with van der Waals surface area (Å²) in [6, 6.07) is 15.6. The molecule has 3 aromatic carbocycles. The SMILES string of the molecule is O=C(Nc1cc(F)ccc1F)N1CCc2ccccc2[C@H]1c1ccc(F)cc1. The molecule has 1 atom stereocenters. The van der Waals surface area contributed by atoms with Gasteiger partial charge < -0.3 is 10.2 Å². The molecular weight excluding hydrogens is 365 g/mol. The molecule has 1 aliphatic heterocycles. The van der Waals surface area contributed by atoms with Gasteiger partial charge in [0.15, 0.2) is 0 Å². The summed E-state index contributed by atoms with van der Waals surface area (Å²) in [4.78, 5) is 14.5. The molecule has 142 valence electrons. The molecule has 0 spiro atoms. The largest absolute Gasteiger partial charge is 0.322 e. The number of benzene rings is 3. The predicted octanol–water partition coefficient (Wildman–Crippen LogP) is 5.28. The van der Waals surface area contributed by atoms with Gasteiger partial charge in [-0.3, -0.25) is 0 Å². The maximum absolute atomic E-state index is 14.0. The van der Waals surface area contributed by atoms with Crippen molar-refractivity contribution >= 4 is 11.7 Å². The molecular formula is C22H17F3N2O. The molecule has 2 amide bonds. The van der Waals surface area contributed by atoms with Crippen LogP contribution in [0.3, 0.4) is 0 Å². The van der Waals surface area contributed by atoms with Gasteiger partial charge in [0.05, 0.1) is 11.7 Å². The van der Waals surface area contributed by atoms with Crippen molar-refractivity contribution in [3.8, 4) is 0 Å². The first kappa shape index (κ1) is 18.1. The fourth-order valence-electron chi connectivity index (χ4n) is 3.57. The van der Waals surface area contributed by atoms with E-state index in [2.05, 4.69) is 5.32 Å². The lowest BCUT2D eigenvalue weighted by molar-refractivity contribution is 0.194. The molecule has 0 aromatic heterocycles. The van der Waals surface area contributed by atoms with E-state index in [0.717, 1.165) is 34.9 Å². The molecule has 28 heavy (non-hydrogen) atoms. The van der Waals surface area contributed by atoms with E-state index < -0.39 is 23.7 Å². The normalized spacial score (nSPS) is 15.8. The first-order chi connectivity index (χ1) is 13.5. The minimum Gasteiger partial charge on any atom is -0.313 e. The molecule has 0 radical (unpaired) electrons. The molecule has 0 unspecified atom stereocenters. The van der Waals surface area contributed by atoms with Crippen LogP contribution in [0.5, 0.6) is 0 Å². The number of carbonyl (C=O) groups is 1. The molecule has 0 bridgehead atoms. The third-order valence-corrected chi connectivity index (χ3v) is 4.90. The quantitative estimate of drug-likeness (QED) is 0.642. The highest BCUT2D eigenvalue weighted by molar-refractivity contribution is 5.90. The van der Waals surface area contributed by atoms with E-state index in [1.54, 1.807) is 17.0 Å². The van der Waals surface area contributed by atoms with Gasteiger partial charge in [-0.1, -0.05) is 36.4 Å². The van der Waals surface area contributed by atoms with Crippen LogP contribution >= 0.6 is 0 Å². The summed E-state index contributed by atoms with van der Waals surface area (Å²) in [6.07, 6.45) is 0.632. The fourth-order valence-corrected chi connectivity index (χ4v) is 3.57. The molecule has 4 rings (SSSR count). The Labute approximate surface area is 160 Å². The van der Waals surface area contributed by atoms with Gasteiger partial charge in [0, 0.05) is 12.6 Å². The number of urea groups is 1. The summed E-state index contributed by atoms with van der Waals surface area (Å²) in [7, 11) is 0. The van der Waals surface area contributed by atoms with Crippen molar-refractivity contribution in [1.29, 1.82) is 0 Å². The molecule has 6 heteroatoms. The third kappa shape index (κ3) is 3.45. The number of nitrogens with zero attached hydrogens (tertiary/aromatic N) is 1. The topological polar surface area (TPSA) is 32.3 Å². The number of hydrogen-bond donors (Lipinski definition) is 1. The maximum atomic E-state index is 14.0. The molecule has 3 aromatic rings. The second kappa shape index (κ2) is 7.38. The summed E-state index contributed by atoms with van der Waals surface area (Å²) in [5.74, 6) is -1.73. The first-order valence-electron chi connectivity index (χ1n) is 8.89. The van der Waals surface area contributed by atoms with Crippen LogP contribution in [-0.2, 0) is 6.42 Å². The van der Waals surface area contributed by atoms with Gasteiger partial charge in [-0.25, -0.2) is 18.0 Å². The van der Waals surface area contributed by atoms with Gasteiger partial charge in [-0.05, 0) is 47.4 Å². The average molecular weight is 382 g/mol. The van der Waals surface area contributed by atoms with Crippen LogP contribution in [0.1, 0.15) is 22.7 Å². The number of hydrogen-bond acceptors (Lipinski definition) is 1. The van der Waals surface area contributed by atoms with Crippen LogP contribution in [0.25, 0.3) is 0 Å². The van der Waals surface area contributed by atoms with Crippen LogP contribution in [0, 0.1) is 17.5 Å². The Morgan fingerprint density at radius 2 is 1.64 bits per heavy atom. The molecule has 1 aliphatic rings. The smallest absolute Gasteiger partial charge is 0.313 e. The van der Waals surface area contributed by atoms with Crippen molar-refractivity contribution in [3.05, 3.63) is 101 Å². The minimum atomic E-state index is -0.717. The summed E-state index contributed by atoms with van der Waals surface area (Å²) >= 11 is 0. The van der Waals surface area contributed by atoms with Gasteiger partial charge in [0.2, 0.25) is 0 Å². The molecule has 0 saturated carbocycles. The number of amides is 2. The lowest BCUT2D eigenvalue weighted by atomic mass is 9.88. The zero-order chi connectivity index (χ0) is 19.7. The van der Waals surface area contributed by atoms with E-state index in [0.29, 0.717) is 13.0 Å². The molecule has 0 saturated heterocycles. The summed E-state index contributed by atoms with van der Waals surface area (Å²) < 4.78 is 40.8. The van der Waals surface area contributed by atoms with Crippen molar-refractivity contribution in [2.24, 2.45) is 0 Å². The van der Waals surface area contributed by atoms with E-state index in [-0.39, 0.29) is 11.5 Å². The highest BCUT2D eigenvalue weighted by Gasteiger charge is 2.32. The molecule has 1 heterocycles. The highest BCUT2D eigenvalue weighted by atomic mass is 19.1. The Balaban J connectivity index is 1.71. The number of rotatable bonds is 2. The van der Waals surface area contributed by atoms with Crippen LogP contribution in [0.15, 0.2) is 66.7 Å². The lowest BCUT2D eigenvalue weighted by Gasteiger charge is -2.37. The Hall–Kier alpha value is -3.28. The number of fused-ring (bicyclic) bond motifs is 1. The Morgan fingerprint density at radius 1 is 0.929 bits per heavy atom. The summed E-state index contributed by atoms with van der Waals surface area (Å²) in [6.45, 7) is 0.391. The van der Waals surface area contributed by atoms with Gasteiger partial charge >= 0.3 is 6.03 Å². The summed E-state index contributed by atoms with van der Waals surface area (Å²) in [5.41, 5.74) is 2.54. The highest BCUT2D eigenvalue weighted by Crippen LogP contribution is 2.35. The van der Waals surface area contributed by atoms with E-state index in [1.807, 2.05) is 24.3 Å². The third-order valence-electron chi connectivity index (χ3n) is 4.90. The molecule has 0 aliphatic carbocycles. The van der Waals surface area contributed by atoms with Crippen LogP contribution in [0.2, 0.25) is 0 Å². The fraction of sp³-hybridized carbons (Fsp3) is 0.136. The van der Waals surface area contributed by atoms with Crippen molar-refractivity contribution in [3.63, 3.8) is 0 Å². The standard InChI is InChI=1S/C22H17F3N2O/c23-16-7-5-15(6-8-16)21-18-4-2-1-3-14(18)11-12-27(21)22(28)26-20-13-17(24)9-10-19(20)25/h1-10,13,21H,11-12H2,(H,26,28)/t21-/m1/s1. The van der Waals surface area contributed by atoms with E-state index in [4.69, 9.17) is 0 Å². The zero-order valence-electron chi connectivity index (χ0n) is 14.8. The first-order valence-corrected chi connectivity index (χ1v) is 8.89. The Morgan fingerprint density at radius 3 is 2.43 bits per heavy atom. The monoisotopic (exact) mass is 382 g/mol. The number of nitrogens with one attached hydrogen (secondary N) is 1. The van der Waals surface area contributed by atoms with Crippen molar-refractivity contribution in [1.82, 2.24) is 4.90 Å². The van der Waals surface area contributed by atoms with Crippen molar-refractivity contribution in [2.75, 3.05) is 11.9 Å². The summed E-state index contributed by atoms with van der Waals surface area (Å²) in [5, 5.41) is 2.46. The van der Waals surface area contributed by atoms with E-state index in [1.165, 1.54) is 12.1 Å². The Kier molecular flexibility index (Phi) is 4.77. The number of anilines is 1. The molecule has 1 N–H and O–H groups in total. The van der Waals surface area contributed by atoms with Crippen LogP contribution < -0.4 is 5.32 Å². The maximum Gasteiger partial charge on any atom is 0.322 e. The molecule has 3 nitrogen and oxygen atoms in total. The lowest BCUT2D eigenvalue weighted by Crippen LogP contribution is -2.43. The van der Waals surface area contributed by atoms with Crippen molar-refractivity contribution in [2.45, 2.75) is 12.5 Å². The van der Waals surface area contributed by atoms with Gasteiger partial charge in [0.25, 0.3) is 0 Å². The second-order valence-corrected chi connectivity index (χ2v) is 6.65. The van der Waals surface area contributed by atoms with Gasteiger partial charge in [-0.2, -0.15) is 0 Å².